The largest absolute Gasteiger partial charge is 0.303 e. The van der Waals surface area contributed by atoms with Crippen molar-refractivity contribution in [1.82, 2.24) is 4.90 Å². The second kappa shape index (κ2) is 7.00. The van der Waals surface area contributed by atoms with Crippen molar-refractivity contribution < 1.29 is 4.79 Å². The molecule has 0 aromatic heterocycles. The van der Waals surface area contributed by atoms with Gasteiger partial charge in [-0.25, -0.2) is 0 Å². The predicted octanol–water partition coefficient (Wildman–Crippen LogP) is 2.87. The maximum Gasteiger partial charge on any atom is 0.132 e. The number of hydrogen-bond acceptors (Lipinski definition) is 2. The number of hydrogen-bond donors (Lipinski definition) is 0. The zero-order valence-electron chi connectivity index (χ0n) is 10.3. The standard InChI is InChI=1S/C13H25NO/c1-3-12-7-5-9-14(11-12)10-6-8-13(15)4-2/h12H,3-11H2,1-2H3. The van der Waals surface area contributed by atoms with Crippen LogP contribution in [0.15, 0.2) is 0 Å². The minimum atomic E-state index is 0.416. The molecule has 0 aromatic rings. The Morgan fingerprint density at radius 3 is 2.87 bits per heavy atom. The van der Waals surface area contributed by atoms with Crippen LogP contribution in [-0.4, -0.2) is 30.3 Å². The van der Waals surface area contributed by atoms with Crippen LogP contribution in [0, 0.1) is 5.92 Å². The molecule has 1 aliphatic rings. The van der Waals surface area contributed by atoms with E-state index in [4.69, 9.17) is 0 Å². The molecule has 0 amide bonds. The molecule has 2 nitrogen and oxygen atoms in total. The summed E-state index contributed by atoms with van der Waals surface area (Å²) in [6.45, 7) is 7.88. The van der Waals surface area contributed by atoms with Crippen molar-refractivity contribution in [2.75, 3.05) is 19.6 Å². The van der Waals surface area contributed by atoms with Crippen LogP contribution in [0.2, 0.25) is 0 Å². The number of Topliss-reactive ketones (excluding diaryl/α,β-unsaturated/α-hetero) is 1. The average molecular weight is 211 g/mol. The first-order valence-electron chi connectivity index (χ1n) is 6.50. The van der Waals surface area contributed by atoms with E-state index in [0.29, 0.717) is 12.2 Å². The highest BCUT2D eigenvalue weighted by Crippen LogP contribution is 2.19. The molecule has 0 spiro atoms. The fraction of sp³-hybridized carbons (Fsp3) is 0.923. The van der Waals surface area contributed by atoms with Crippen LogP contribution in [0.25, 0.3) is 0 Å². The molecular weight excluding hydrogens is 186 g/mol. The van der Waals surface area contributed by atoms with Crippen molar-refractivity contribution in [2.45, 2.75) is 52.4 Å². The van der Waals surface area contributed by atoms with Gasteiger partial charge in [0.15, 0.2) is 0 Å². The summed E-state index contributed by atoms with van der Waals surface area (Å²) in [6, 6.07) is 0. The van der Waals surface area contributed by atoms with E-state index >= 15 is 0 Å². The fourth-order valence-corrected chi connectivity index (χ4v) is 2.36. The van der Waals surface area contributed by atoms with Crippen molar-refractivity contribution in [3.63, 3.8) is 0 Å². The van der Waals surface area contributed by atoms with Crippen LogP contribution in [0.1, 0.15) is 52.4 Å². The van der Waals surface area contributed by atoms with E-state index in [9.17, 15) is 4.79 Å². The Morgan fingerprint density at radius 1 is 1.40 bits per heavy atom. The Kier molecular flexibility index (Phi) is 5.92. The Hall–Kier alpha value is -0.370. The second-order valence-electron chi connectivity index (χ2n) is 4.71. The number of ketones is 1. The Balaban J connectivity index is 2.12. The van der Waals surface area contributed by atoms with Gasteiger partial charge in [-0.2, -0.15) is 0 Å². The molecular formula is C13H25NO. The average Bonchev–Trinajstić information content (AvgIpc) is 2.29. The van der Waals surface area contributed by atoms with Crippen LogP contribution in [0.4, 0.5) is 0 Å². The molecule has 1 saturated heterocycles. The van der Waals surface area contributed by atoms with Gasteiger partial charge < -0.3 is 4.90 Å². The third-order valence-corrected chi connectivity index (χ3v) is 3.50. The van der Waals surface area contributed by atoms with Gasteiger partial charge in [0.25, 0.3) is 0 Å². The Labute approximate surface area is 94.0 Å². The monoisotopic (exact) mass is 211 g/mol. The van der Waals surface area contributed by atoms with Crippen LogP contribution in [0.3, 0.4) is 0 Å². The quantitative estimate of drug-likeness (QED) is 0.673. The smallest absolute Gasteiger partial charge is 0.132 e. The maximum absolute atomic E-state index is 11.2. The van der Waals surface area contributed by atoms with E-state index in [1.165, 1.54) is 32.4 Å². The highest BCUT2D eigenvalue weighted by atomic mass is 16.1. The Morgan fingerprint density at radius 2 is 2.20 bits per heavy atom. The third kappa shape index (κ3) is 4.78. The molecule has 1 rings (SSSR count). The summed E-state index contributed by atoms with van der Waals surface area (Å²) in [4.78, 5) is 13.7. The van der Waals surface area contributed by atoms with Gasteiger partial charge in [-0.1, -0.05) is 20.3 Å². The van der Waals surface area contributed by atoms with Crippen LogP contribution < -0.4 is 0 Å². The predicted molar refractivity (Wildman–Crippen MR) is 64.0 cm³/mol. The first-order valence-corrected chi connectivity index (χ1v) is 6.50. The molecule has 0 aliphatic carbocycles. The second-order valence-corrected chi connectivity index (χ2v) is 4.71. The lowest BCUT2D eigenvalue weighted by Crippen LogP contribution is -2.35. The lowest BCUT2D eigenvalue weighted by molar-refractivity contribution is -0.118. The maximum atomic E-state index is 11.2. The summed E-state index contributed by atoms with van der Waals surface area (Å²) in [5, 5.41) is 0. The summed E-state index contributed by atoms with van der Waals surface area (Å²) in [7, 11) is 0. The van der Waals surface area contributed by atoms with Crippen molar-refractivity contribution in [2.24, 2.45) is 5.92 Å². The molecule has 0 aromatic carbocycles. The number of carbonyl (C=O) groups excluding carboxylic acids is 1. The van der Waals surface area contributed by atoms with Crippen molar-refractivity contribution in [3.8, 4) is 0 Å². The minimum Gasteiger partial charge on any atom is -0.303 e. The molecule has 1 aliphatic heterocycles. The lowest BCUT2D eigenvalue weighted by Gasteiger charge is -2.32. The van der Waals surface area contributed by atoms with Crippen LogP contribution in [-0.2, 0) is 4.79 Å². The van der Waals surface area contributed by atoms with E-state index in [1.807, 2.05) is 6.92 Å². The van der Waals surface area contributed by atoms with Gasteiger partial charge in [-0.3, -0.25) is 4.79 Å². The molecule has 1 atom stereocenters. The number of likely N-dealkylation sites (tertiary alicyclic amines) is 1. The molecule has 88 valence electrons. The van der Waals surface area contributed by atoms with Gasteiger partial charge in [0.1, 0.15) is 5.78 Å². The van der Waals surface area contributed by atoms with Gasteiger partial charge in [-0.15, -0.1) is 0 Å². The lowest BCUT2D eigenvalue weighted by atomic mass is 9.95. The first kappa shape index (κ1) is 12.7. The summed E-state index contributed by atoms with van der Waals surface area (Å²) in [5.41, 5.74) is 0. The van der Waals surface area contributed by atoms with Crippen LogP contribution >= 0.6 is 0 Å². The Bertz CT molecular complexity index is 191. The molecule has 15 heavy (non-hydrogen) atoms. The summed E-state index contributed by atoms with van der Waals surface area (Å²) < 4.78 is 0. The molecule has 0 N–H and O–H groups in total. The molecule has 1 heterocycles. The fourth-order valence-electron chi connectivity index (χ4n) is 2.36. The number of rotatable bonds is 6. The molecule has 1 unspecified atom stereocenters. The molecule has 1 fully saturated rings. The van der Waals surface area contributed by atoms with E-state index in [1.54, 1.807) is 0 Å². The van der Waals surface area contributed by atoms with Gasteiger partial charge in [-0.05, 0) is 38.3 Å². The number of carbonyl (C=O) groups is 1. The summed E-state index contributed by atoms with van der Waals surface area (Å²) in [5.74, 6) is 1.32. The van der Waals surface area contributed by atoms with Crippen molar-refractivity contribution in [3.05, 3.63) is 0 Å². The molecule has 0 saturated carbocycles. The van der Waals surface area contributed by atoms with Gasteiger partial charge in [0.05, 0.1) is 0 Å². The van der Waals surface area contributed by atoms with Gasteiger partial charge >= 0.3 is 0 Å². The van der Waals surface area contributed by atoms with E-state index < -0.39 is 0 Å². The summed E-state index contributed by atoms with van der Waals surface area (Å²) >= 11 is 0. The first-order chi connectivity index (χ1) is 7.26. The molecule has 0 radical (unpaired) electrons. The van der Waals surface area contributed by atoms with E-state index in [-0.39, 0.29) is 0 Å². The summed E-state index contributed by atoms with van der Waals surface area (Å²) in [6.07, 6.45) is 6.61. The van der Waals surface area contributed by atoms with E-state index in [2.05, 4.69) is 11.8 Å². The highest BCUT2D eigenvalue weighted by molar-refractivity contribution is 5.77. The third-order valence-electron chi connectivity index (χ3n) is 3.50. The normalized spacial score (nSPS) is 22.9. The van der Waals surface area contributed by atoms with Crippen LogP contribution in [0.5, 0.6) is 0 Å². The highest BCUT2D eigenvalue weighted by Gasteiger charge is 2.17. The molecule has 0 bridgehead atoms. The zero-order valence-corrected chi connectivity index (χ0v) is 10.3. The molecule has 2 heteroatoms. The minimum absolute atomic E-state index is 0.416. The SMILES string of the molecule is CCC(=O)CCCN1CCCC(CC)C1. The van der Waals surface area contributed by atoms with Crippen molar-refractivity contribution >= 4 is 5.78 Å². The number of piperidine rings is 1. The number of nitrogens with zero attached hydrogens (tertiary/aromatic N) is 1. The van der Waals surface area contributed by atoms with Gasteiger partial charge in [0.2, 0.25) is 0 Å². The topological polar surface area (TPSA) is 20.3 Å². The van der Waals surface area contributed by atoms with E-state index in [0.717, 1.165) is 25.3 Å². The zero-order chi connectivity index (χ0) is 11.1. The van der Waals surface area contributed by atoms with Crippen molar-refractivity contribution in [1.29, 1.82) is 0 Å². The van der Waals surface area contributed by atoms with Gasteiger partial charge in [0, 0.05) is 19.4 Å².